The van der Waals surface area contributed by atoms with Crippen LogP contribution >= 0.6 is 0 Å². The Hall–Kier alpha value is -0.790. The highest BCUT2D eigenvalue weighted by Gasteiger charge is 2.01. The van der Waals surface area contributed by atoms with Crippen molar-refractivity contribution in [1.29, 1.82) is 0 Å². The van der Waals surface area contributed by atoms with Gasteiger partial charge in [0.25, 0.3) is 0 Å². The van der Waals surface area contributed by atoms with Gasteiger partial charge in [-0.25, -0.2) is 4.79 Å². The van der Waals surface area contributed by atoms with Crippen LogP contribution in [0.5, 0.6) is 0 Å². The number of carbonyl (C=O) groups is 1. The molecule has 0 amide bonds. The van der Waals surface area contributed by atoms with Crippen LogP contribution in [0.2, 0.25) is 0 Å². The van der Waals surface area contributed by atoms with Gasteiger partial charge in [0.05, 0.1) is 0 Å². The molecule has 0 aliphatic heterocycles. The molecule has 0 rings (SSSR count). The van der Waals surface area contributed by atoms with E-state index in [2.05, 4.69) is 13.8 Å². The molecular formula is C10H18O2. The quantitative estimate of drug-likeness (QED) is 0.644. The van der Waals surface area contributed by atoms with E-state index in [0.717, 1.165) is 6.42 Å². The number of allylic oxidation sites excluding steroid dienone is 1. The Morgan fingerprint density at radius 1 is 1.58 bits per heavy atom. The van der Waals surface area contributed by atoms with Gasteiger partial charge in [0.1, 0.15) is 0 Å². The SMILES string of the molecule is CCCC(C)CC=C(C)C(=O)O. The van der Waals surface area contributed by atoms with Crippen LogP contribution in [0, 0.1) is 5.92 Å². The first-order valence-corrected chi connectivity index (χ1v) is 4.48. The van der Waals surface area contributed by atoms with Crippen molar-refractivity contribution in [2.45, 2.75) is 40.0 Å². The van der Waals surface area contributed by atoms with Crippen molar-refractivity contribution >= 4 is 5.97 Å². The molecule has 0 aliphatic carbocycles. The molecule has 0 radical (unpaired) electrons. The van der Waals surface area contributed by atoms with Crippen molar-refractivity contribution in [2.75, 3.05) is 0 Å². The van der Waals surface area contributed by atoms with Gasteiger partial charge in [0.2, 0.25) is 0 Å². The second kappa shape index (κ2) is 5.81. The molecule has 0 fully saturated rings. The molecule has 0 bridgehead atoms. The summed E-state index contributed by atoms with van der Waals surface area (Å²) in [5.74, 6) is -0.206. The van der Waals surface area contributed by atoms with Crippen LogP contribution in [-0.4, -0.2) is 11.1 Å². The molecule has 2 heteroatoms. The van der Waals surface area contributed by atoms with Gasteiger partial charge in [0, 0.05) is 5.57 Å². The Morgan fingerprint density at radius 2 is 2.17 bits per heavy atom. The van der Waals surface area contributed by atoms with Crippen LogP contribution in [-0.2, 0) is 4.79 Å². The molecule has 1 N–H and O–H groups in total. The number of hydrogen-bond acceptors (Lipinski definition) is 1. The third-order valence-electron chi connectivity index (χ3n) is 1.95. The maximum Gasteiger partial charge on any atom is 0.330 e. The number of rotatable bonds is 5. The normalized spacial score (nSPS) is 14.4. The van der Waals surface area contributed by atoms with Crippen molar-refractivity contribution < 1.29 is 9.90 Å². The van der Waals surface area contributed by atoms with Gasteiger partial charge in [0.15, 0.2) is 0 Å². The van der Waals surface area contributed by atoms with E-state index in [9.17, 15) is 4.79 Å². The molecule has 0 spiro atoms. The third kappa shape index (κ3) is 4.94. The van der Waals surface area contributed by atoms with Gasteiger partial charge in [-0.15, -0.1) is 0 Å². The van der Waals surface area contributed by atoms with E-state index >= 15 is 0 Å². The topological polar surface area (TPSA) is 37.3 Å². The van der Waals surface area contributed by atoms with Gasteiger partial charge < -0.3 is 5.11 Å². The molecule has 0 saturated carbocycles. The summed E-state index contributed by atoms with van der Waals surface area (Å²) < 4.78 is 0. The predicted octanol–water partition coefficient (Wildman–Crippen LogP) is 2.84. The van der Waals surface area contributed by atoms with Crippen molar-refractivity contribution in [3.63, 3.8) is 0 Å². The standard InChI is InChI=1S/C10H18O2/c1-4-5-8(2)6-7-9(3)10(11)12/h7-8H,4-6H2,1-3H3,(H,11,12). The zero-order chi connectivity index (χ0) is 9.56. The smallest absolute Gasteiger partial charge is 0.330 e. The summed E-state index contributed by atoms with van der Waals surface area (Å²) in [4.78, 5) is 10.4. The molecule has 1 unspecified atom stereocenters. The minimum Gasteiger partial charge on any atom is -0.478 e. The first-order chi connectivity index (χ1) is 5.57. The molecule has 1 atom stereocenters. The first-order valence-electron chi connectivity index (χ1n) is 4.48. The molecule has 0 heterocycles. The van der Waals surface area contributed by atoms with Crippen LogP contribution in [0.4, 0.5) is 0 Å². The molecule has 2 nitrogen and oxygen atoms in total. The Kier molecular flexibility index (Phi) is 5.43. The summed E-state index contributed by atoms with van der Waals surface area (Å²) in [7, 11) is 0. The zero-order valence-corrected chi connectivity index (χ0v) is 8.13. The monoisotopic (exact) mass is 170 g/mol. The summed E-state index contributed by atoms with van der Waals surface area (Å²) in [5, 5.41) is 8.56. The molecule has 12 heavy (non-hydrogen) atoms. The highest BCUT2D eigenvalue weighted by molar-refractivity contribution is 5.85. The fraction of sp³-hybridized carbons (Fsp3) is 0.700. The van der Waals surface area contributed by atoms with Crippen molar-refractivity contribution in [3.8, 4) is 0 Å². The fourth-order valence-electron chi connectivity index (χ4n) is 1.08. The van der Waals surface area contributed by atoms with E-state index in [1.54, 1.807) is 6.92 Å². The zero-order valence-electron chi connectivity index (χ0n) is 8.13. The highest BCUT2D eigenvalue weighted by atomic mass is 16.4. The van der Waals surface area contributed by atoms with Gasteiger partial charge in [-0.05, 0) is 19.3 Å². The van der Waals surface area contributed by atoms with E-state index in [1.807, 2.05) is 6.08 Å². The number of carboxylic acids is 1. The summed E-state index contributed by atoms with van der Waals surface area (Å²) in [6, 6.07) is 0. The van der Waals surface area contributed by atoms with Crippen LogP contribution in [0.15, 0.2) is 11.6 Å². The Labute approximate surface area is 74.3 Å². The maximum absolute atomic E-state index is 10.4. The van der Waals surface area contributed by atoms with Gasteiger partial charge in [-0.2, -0.15) is 0 Å². The average molecular weight is 170 g/mol. The lowest BCUT2D eigenvalue weighted by Gasteiger charge is -2.05. The van der Waals surface area contributed by atoms with E-state index in [0.29, 0.717) is 11.5 Å². The summed E-state index contributed by atoms with van der Waals surface area (Å²) in [6.07, 6.45) is 5.03. The molecule has 0 aromatic rings. The highest BCUT2D eigenvalue weighted by Crippen LogP contribution is 2.11. The van der Waals surface area contributed by atoms with Gasteiger partial charge in [-0.3, -0.25) is 0 Å². The number of aliphatic carboxylic acids is 1. The van der Waals surface area contributed by atoms with E-state index in [4.69, 9.17) is 5.11 Å². The molecule has 0 aliphatic rings. The maximum atomic E-state index is 10.4. The van der Waals surface area contributed by atoms with Crippen molar-refractivity contribution in [1.82, 2.24) is 0 Å². The largest absolute Gasteiger partial charge is 0.478 e. The Balaban J connectivity index is 3.79. The minimum absolute atomic E-state index is 0.456. The lowest BCUT2D eigenvalue weighted by atomic mass is 10.0. The second-order valence-corrected chi connectivity index (χ2v) is 3.32. The minimum atomic E-state index is -0.807. The molecule has 0 saturated heterocycles. The second-order valence-electron chi connectivity index (χ2n) is 3.32. The Morgan fingerprint density at radius 3 is 2.58 bits per heavy atom. The summed E-state index contributed by atoms with van der Waals surface area (Å²) in [5.41, 5.74) is 0.456. The summed E-state index contributed by atoms with van der Waals surface area (Å²) in [6.45, 7) is 5.93. The van der Waals surface area contributed by atoms with Gasteiger partial charge >= 0.3 is 5.97 Å². The molecule has 0 aromatic heterocycles. The fourth-order valence-corrected chi connectivity index (χ4v) is 1.08. The van der Waals surface area contributed by atoms with Crippen LogP contribution < -0.4 is 0 Å². The van der Waals surface area contributed by atoms with Crippen LogP contribution in [0.3, 0.4) is 0 Å². The number of carboxylic acid groups (broad SMARTS) is 1. The molecule has 0 aromatic carbocycles. The first kappa shape index (κ1) is 11.2. The lowest BCUT2D eigenvalue weighted by molar-refractivity contribution is -0.132. The lowest BCUT2D eigenvalue weighted by Crippen LogP contribution is -1.98. The van der Waals surface area contributed by atoms with E-state index < -0.39 is 5.97 Å². The average Bonchev–Trinajstić information content (AvgIpc) is 2.00. The van der Waals surface area contributed by atoms with E-state index in [1.165, 1.54) is 12.8 Å². The van der Waals surface area contributed by atoms with Crippen molar-refractivity contribution in [3.05, 3.63) is 11.6 Å². The summed E-state index contributed by atoms with van der Waals surface area (Å²) >= 11 is 0. The van der Waals surface area contributed by atoms with E-state index in [-0.39, 0.29) is 0 Å². The molecule has 70 valence electrons. The molecular weight excluding hydrogens is 152 g/mol. The number of hydrogen-bond donors (Lipinski definition) is 1. The third-order valence-corrected chi connectivity index (χ3v) is 1.95. The van der Waals surface area contributed by atoms with Crippen molar-refractivity contribution in [2.24, 2.45) is 5.92 Å². The Bertz CT molecular complexity index is 171. The van der Waals surface area contributed by atoms with Crippen LogP contribution in [0.1, 0.15) is 40.0 Å². The predicted molar refractivity (Wildman–Crippen MR) is 50.1 cm³/mol. The van der Waals surface area contributed by atoms with Crippen LogP contribution in [0.25, 0.3) is 0 Å². The van der Waals surface area contributed by atoms with Gasteiger partial charge in [-0.1, -0.05) is 32.8 Å².